The number of pyridine rings is 1. The van der Waals surface area contributed by atoms with Crippen LogP contribution in [0.3, 0.4) is 0 Å². The van der Waals surface area contributed by atoms with Gasteiger partial charge < -0.3 is 15.2 Å². The van der Waals surface area contributed by atoms with E-state index in [1.54, 1.807) is 42.6 Å². The van der Waals surface area contributed by atoms with Crippen LogP contribution in [0.2, 0.25) is 0 Å². The number of alkyl halides is 2. The fourth-order valence-corrected chi connectivity index (χ4v) is 4.14. The summed E-state index contributed by atoms with van der Waals surface area (Å²) in [6, 6.07) is 9.28. The lowest BCUT2D eigenvalue weighted by Gasteiger charge is -2.34. The number of nitrogens with one attached hydrogen (secondary N) is 1. The Balaban J connectivity index is 1.46. The molecule has 1 aromatic heterocycles. The van der Waals surface area contributed by atoms with Crippen LogP contribution >= 0.6 is 0 Å². The number of hydrogen-bond donors (Lipinski definition) is 2. The highest BCUT2D eigenvalue weighted by Crippen LogP contribution is 2.41. The molecule has 3 amide bonds. The van der Waals surface area contributed by atoms with E-state index < -0.39 is 48.6 Å². The van der Waals surface area contributed by atoms with Crippen LogP contribution in [0, 0.1) is 0 Å². The molecule has 1 saturated heterocycles. The maximum absolute atomic E-state index is 13.5. The Morgan fingerprint density at radius 2 is 1.82 bits per heavy atom. The van der Waals surface area contributed by atoms with E-state index >= 15 is 0 Å². The normalized spacial score (nSPS) is 18.9. The van der Waals surface area contributed by atoms with Crippen molar-refractivity contribution in [2.24, 2.45) is 0 Å². The van der Waals surface area contributed by atoms with Crippen molar-refractivity contribution < 1.29 is 33.0 Å². The molecule has 2 heterocycles. The van der Waals surface area contributed by atoms with Crippen molar-refractivity contribution in [1.29, 1.82) is 0 Å². The number of aliphatic hydroxyl groups excluding tert-OH is 1. The van der Waals surface area contributed by atoms with Gasteiger partial charge in [0.15, 0.2) is 5.78 Å². The molecule has 2 aliphatic rings. The number of rotatable bonds is 7. The second kappa shape index (κ2) is 8.86. The average Bonchev–Trinajstić information content (AvgIpc) is 3.04. The Hall–Kier alpha value is -3.40. The first-order chi connectivity index (χ1) is 15.7. The molecule has 0 unspecified atom stereocenters. The summed E-state index contributed by atoms with van der Waals surface area (Å²) < 4.78 is 32.5. The Kier molecular flexibility index (Phi) is 6.11. The molecule has 10 heteroatoms. The van der Waals surface area contributed by atoms with Gasteiger partial charge in [-0.05, 0) is 30.5 Å². The molecule has 0 atom stereocenters. The molecule has 1 aromatic carbocycles. The second-order valence-corrected chi connectivity index (χ2v) is 8.19. The maximum Gasteiger partial charge on any atom is 0.325 e. The summed E-state index contributed by atoms with van der Waals surface area (Å²) in [5.74, 6) is -3.59. The van der Waals surface area contributed by atoms with Gasteiger partial charge in [0, 0.05) is 30.2 Å². The summed E-state index contributed by atoms with van der Waals surface area (Å²) in [5.41, 5.74) is 0.339. The average molecular weight is 459 g/mol. The first kappa shape index (κ1) is 22.8. The van der Waals surface area contributed by atoms with Gasteiger partial charge in [0.05, 0.1) is 13.2 Å². The highest BCUT2D eigenvalue weighted by molar-refractivity contribution is 6.11. The molecule has 1 aliphatic heterocycles. The molecule has 1 spiro atoms. The summed E-state index contributed by atoms with van der Waals surface area (Å²) in [6.07, 6.45) is 0.277. The standard InChI is InChI=1S/C23H23F2N3O5/c24-23(25)9-7-22(8-10-23)20(31)28(21(32)27-22)14-18(30)16-5-3-15(4-6-16)17-2-1-11-26-19(17)33-13-12-29/h1-6,11,29H,7-10,12-14H2,(H,27,32). The number of aliphatic hydroxyl groups is 1. The lowest BCUT2D eigenvalue weighted by Crippen LogP contribution is -2.51. The van der Waals surface area contributed by atoms with Gasteiger partial charge in [-0.3, -0.25) is 14.5 Å². The first-order valence-corrected chi connectivity index (χ1v) is 10.6. The summed E-state index contributed by atoms with van der Waals surface area (Å²) >= 11 is 0. The molecule has 2 N–H and O–H groups in total. The number of carbonyl (C=O) groups is 3. The summed E-state index contributed by atoms with van der Waals surface area (Å²) in [6.45, 7) is -0.540. The van der Waals surface area contributed by atoms with E-state index in [0.29, 0.717) is 11.4 Å². The van der Waals surface area contributed by atoms with Crippen LogP contribution in [0.4, 0.5) is 13.6 Å². The monoisotopic (exact) mass is 459 g/mol. The number of amides is 3. The van der Waals surface area contributed by atoms with Gasteiger partial charge in [-0.25, -0.2) is 18.6 Å². The summed E-state index contributed by atoms with van der Waals surface area (Å²) in [7, 11) is 0. The van der Waals surface area contributed by atoms with Crippen LogP contribution in [-0.2, 0) is 4.79 Å². The van der Waals surface area contributed by atoms with E-state index in [1.165, 1.54) is 0 Å². The third-order valence-electron chi connectivity index (χ3n) is 6.00. The quantitative estimate of drug-likeness (QED) is 0.487. The molecule has 8 nitrogen and oxygen atoms in total. The first-order valence-electron chi connectivity index (χ1n) is 10.6. The molecule has 33 heavy (non-hydrogen) atoms. The third-order valence-corrected chi connectivity index (χ3v) is 6.00. The number of hydrogen-bond acceptors (Lipinski definition) is 6. The van der Waals surface area contributed by atoms with Gasteiger partial charge in [-0.1, -0.05) is 24.3 Å². The van der Waals surface area contributed by atoms with E-state index in [0.717, 1.165) is 10.5 Å². The molecule has 2 fully saturated rings. The number of aromatic nitrogens is 1. The molecule has 0 bridgehead atoms. The van der Waals surface area contributed by atoms with E-state index in [-0.39, 0.29) is 31.6 Å². The number of imide groups is 1. The highest BCUT2D eigenvalue weighted by Gasteiger charge is 2.55. The molecule has 2 aromatic rings. The van der Waals surface area contributed by atoms with E-state index in [1.807, 2.05) is 0 Å². The Labute approximate surface area is 188 Å². The zero-order chi connectivity index (χ0) is 23.6. The summed E-state index contributed by atoms with van der Waals surface area (Å²) in [5, 5.41) is 11.5. The Morgan fingerprint density at radius 1 is 1.12 bits per heavy atom. The predicted octanol–water partition coefficient (Wildman–Crippen LogP) is 2.80. The van der Waals surface area contributed by atoms with Crippen molar-refractivity contribution in [3.05, 3.63) is 48.2 Å². The van der Waals surface area contributed by atoms with Crippen LogP contribution in [0.5, 0.6) is 5.88 Å². The number of halogens is 2. The number of carbonyl (C=O) groups excluding carboxylic acids is 3. The van der Waals surface area contributed by atoms with Crippen molar-refractivity contribution in [3.63, 3.8) is 0 Å². The number of ether oxygens (including phenoxy) is 1. The number of nitrogens with zero attached hydrogens (tertiary/aromatic N) is 2. The Morgan fingerprint density at radius 3 is 2.48 bits per heavy atom. The molecular formula is C23H23F2N3O5. The SMILES string of the molecule is O=C(CN1C(=O)NC2(CCC(F)(F)CC2)C1=O)c1ccc(-c2cccnc2OCCO)cc1. The van der Waals surface area contributed by atoms with Crippen LogP contribution in [-0.4, -0.2) is 63.9 Å². The van der Waals surface area contributed by atoms with Crippen molar-refractivity contribution in [3.8, 4) is 17.0 Å². The van der Waals surface area contributed by atoms with E-state index in [2.05, 4.69) is 10.3 Å². The molecular weight excluding hydrogens is 436 g/mol. The maximum atomic E-state index is 13.5. The topological polar surface area (TPSA) is 109 Å². The molecule has 4 rings (SSSR count). The molecule has 174 valence electrons. The third kappa shape index (κ3) is 4.56. The minimum atomic E-state index is -2.85. The smallest absolute Gasteiger partial charge is 0.325 e. The molecule has 1 saturated carbocycles. The fourth-order valence-electron chi connectivity index (χ4n) is 4.14. The van der Waals surface area contributed by atoms with Crippen LogP contribution in [0.1, 0.15) is 36.0 Å². The van der Waals surface area contributed by atoms with Gasteiger partial charge in [0.25, 0.3) is 5.91 Å². The zero-order valence-corrected chi connectivity index (χ0v) is 17.7. The zero-order valence-electron chi connectivity index (χ0n) is 17.7. The number of Topliss-reactive ketones (excluding diaryl/α,β-unsaturated/α-hetero) is 1. The lowest BCUT2D eigenvalue weighted by molar-refractivity contribution is -0.135. The molecule has 1 aliphatic carbocycles. The van der Waals surface area contributed by atoms with Crippen molar-refractivity contribution in [2.75, 3.05) is 19.8 Å². The Bertz CT molecular complexity index is 1060. The minimum absolute atomic E-state index is 0.0889. The lowest BCUT2D eigenvalue weighted by atomic mass is 9.80. The van der Waals surface area contributed by atoms with Crippen molar-refractivity contribution >= 4 is 17.7 Å². The van der Waals surface area contributed by atoms with Gasteiger partial charge >= 0.3 is 6.03 Å². The number of benzene rings is 1. The van der Waals surface area contributed by atoms with Gasteiger partial charge in [0.2, 0.25) is 11.8 Å². The van der Waals surface area contributed by atoms with Crippen LogP contribution in [0.15, 0.2) is 42.6 Å². The van der Waals surface area contributed by atoms with Gasteiger partial charge in [-0.2, -0.15) is 0 Å². The number of urea groups is 1. The van der Waals surface area contributed by atoms with Crippen LogP contribution < -0.4 is 10.1 Å². The van der Waals surface area contributed by atoms with Gasteiger partial charge in [-0.15, -0.1) is 0 Å². The second-order valence-electron chi connectivity index (χ2n) is 8.19. The fraction of sp³-hybridized carbons (Fsp3) is 0.391. The molecule has 0 radical (unpaired) electrons. The van der Waals surface area contributed by atoms with Gasteiger partial charge in [0.1, 0.15) is 12.1 Å². The van der Waals surface area contributed by atoms with E-state index in [4.69, 9.17) is 9.84 Å². The van der Waals surface area contributed by atoms with E-state index in [9.17, 15) is 23.2 Å². The van der Waals surface area contributed by atoms with Crippen molar-refractivity contribution in [1.82, 2.24) is 15.2 Å². The number of ketones is 1. The van der Waals surface area contributed by atoms with Crippen molar-refractivity contribution in [2.45, 2.75) is 37.1 Å². The summed E-state index contributed by atoms with van der Waals surface area (Å²) in [4.78, 5) is 42.9. The predicted molar refractivity (Wildman–Crippen MR) is 113 cm³/mol. The van der Waals surface area contributed by atoms with Crippen LogP contribution in [0.25, 0.3) is 11.1 Å². The highest BCUT2D eigenvalue weighted by atomic mass is 19.3. The largest absolute Gasteiger partial charge is 0.475 e. The minimum Gasteiger partial charge on any atom is -0.475 e.